The predicted molar refractivity (Wildman–Crippen MR) is 123 cm³/mol. The molecule has 0 unspecified atom stereocenters. The number of ether oxygens (including phenoxy) is 3. The van der Waals surface area contributed by atoms with E-state index in [0.717, 1.165) is 0 Å². The van der Waals surface area contributed by atoms with Crippen molar-refractivity contribution in [1.82, 2.24) is 0 Å². The molecule has 33 heavy (non-hydrogen) atoms. The molecule has 0 bridgehead atoms. The van der Waals surface area contributed by atoms with E-state index in [1.165, 1.54) is 40.4 Å². The molecule has 0 saturated carbocycles. The molecule has 1 N–H and O–H groups in total. The molecule has 0 atom stereocenters. The summed E-state index contributed by atoms with van der Waals surface area (Å²) < 4.78 is 16.3. The lowest BCUT2D eigenvalue weighted by atomic mass is 9.78. The summed E-state index contributed by atoms with van der Waals surface area (Å²) in [6, 6.07) is 11.4. The first kappa shape index (κ1) is 22.1. The Kier molecular flexibility index (Phi) is 5.64. The number of carbonyl (C=O) groups is 3. The molecule has 0 heterocycles. The Morgan fingerprint density at radius 3 is 2.12 bits per heavy atom. The fourth-order valence-corrected chi connectivity index (χ4v) is 4.29. The molecular formula is C26H22O7. The van der Waals surface area contributed by atoms with Crippen LogP contribution in [0.25, 0.3) is 16.3 Å². The van der Waals surface area contributed by atoms with Gasteiger partial charge in [-0.05, 0) is 25.1 Å². The Bertz CT molecular complexity index is 1360. The number of Topliss-reactive ketones (excluding diaryl/α,β-unsaturated/α-hetero) is 3. The van der Waals surface area contributed by atoms with Crippen LogP contribution in [0, 0.1) is 0 Å². The van der Waals surface area contributed by atoms with E-state index >= 15 is 0 Å². The highest BCUT2D eigenvalue weighted by Gasteiger charge is 2.37. The number of rotatable bonds is 6. The molecule has 4 rings (SSSR count). The molecule has 0 aliphatic heterocycles. The van der Waals surface area contributed by atoms with Crippen molar-refractivity contribution in [3.8, 4) is 23.0 Å². The Hall–Kier alpha value is -4.13. The normalized spacial score (nSPS) is 13.2. The third-order valence-corrected chi connectivity index (χ3v) is 5.71. The quantitative estimate of drug-likeness (QED) is 0.600. The molecule has 7 nitrogen and oxygen atoms in total. The Balaban J connectivity index is 2.13. The van der Waals surface area contributed by atoms with Crippen LogP contribution in [-0.4, -0.2) is 43.8 Å². The number of fused-ring (bicyclic) bond motifs is 2. The van der Waals surface area contributed by atoms with Crippen LogP contribution >= 0.6 is 0 Å². The van der Waals surface area contributed by atoms with Gasteiger partial charge in [0.2, 0.25) is 0 Å². The van der Waals surface area contributed by atoms with Gasteiger partial charge >= 0.3 is 0 Å². The number of ketones is 3. The van der Waals surface area contributed by atoms with E-state index in [9.17, 15) is 19.5 Å². The van der Waals surface area contributed by atoms with Crippen molar-refractivity contribution in [2.45, 2.75) is 13.3 Å². The number of carbonyl (C=O) groups excluding carboxylic acids is 3. The number of aromatic hydroxyl groups is 1. The maximum Gasteiger partial charge on any atom is 0.198 e. The zero-order valence-electron chi connectivity index (χ0n) is 18.6. The molecule has 0 saturated heterocycles. The van der Waals surface area contributed by atoms with E-state index in [4.69, 9.17) is 14.2 Å². The third kappa shape index (κ3) is 3.42. The maximum absolute atomic E-state index is 13.8. The molecule has 0 spiro atoms. The van der Waals surface area contributed by atoms with E-state index in [0.29, 0.717) is 22.3 Å². The maximum atomic E-state index is 13.8. The fourth-order valence-electron chi connectivity index (χ4n) is 4.29. The molecule has 7 heteroatoms. The van der Waals surface area contributed by atoms with Gasteiger partial charge in [-0.1, -0.05) is 24.3 Å². The van der Waals surface area contributed by atoms with Gasteiger partial charge in [-0.25, -0.2) is 0 Å². The topological polar surface area (TPSA) is 99.1 Å². The minimum atomic E-state index is -0.523. The van der Waals surface area contributed by atoms with Crippen molar-refractivity contribution in [1.29, 1.82) is 0 Å². The predicted octanol–water partition coefficient (Wildman–Crippen LogP) is 4.38. The highest BCUT2D eigenvalue weighted by molar-refractivity contribution is 6.42. The van der Waals surface area contributed by atoms with Crippen LogP contribution in [0.3, 0.4) is 0 Å². The Labute approximate surface area is 190 Å². The molecule has 0 fully saturated rings. The summed E-state index contributed by atoms with van der Waals surface area (Å²) >= 11 is 0. The van der Waals surface area contributed by atoms with Crippen molar-refractivity contribution in [2.75, 3.05) is 21.3 Å². The fraction of sp³-hybridized carbons (Fsp3) is 0.192. The zero-order valence-corrected chi connectivity index (χ0v) is 18.6. The van der Waals surface area contributed by atoms with Crippen LogP contribution in [0.15, 0.2) is 48.0 Å². The number of hydrogen-bond donors (Lipinski definition) is 1. The minimum Gasteiger partial charge on any atom is -0.507 e. The lowest BCUT2D eigenvalue weighted by molar-refractivity contribution is -0.116. The van der Waals surface area contributed by atoms with Crippen molar-refractivity contribution in [2.24, 2.45) is 0 Å². The number of benzene rings is 3. The van der Waals surface area contributed by atoms with Crippen LogP contribution < -0.4 is 14.2 Å². The summed E-state index contributed by atoms with van der Waals surface area (Å²) in [6.45, 7) is 1.34. The lowest BCUT2D eigenvalue weighted by Crippen LogP contribution is -2.23. The van der Waals surface area contributed by atoms with Gasteiger partial charge in [-0.2, -0.15) is 0 Å². The molecule has 168 valence electrons. The summed E-state index contributed by atoms with van der Waals surface area (Å²) in [6.07, 6.45) is -0.262. The second kappa shape index (κ2) is 8.43. The summed E-state index contributed by atoms with van der Waals surface area (Å²) in [5.74, 6) is -0.561. The van der Waals surface area contributed by atoms with Gasteiger partial charge in [0.05, 0.1) is 32.3 Å². The van der Waals surface area contributed by atoms with Crippen LogP contribution in [0.4, 0.5) is 0 Å². The van der Waals surface area contributed by atoms with Gasteiger partial charge in [0.1, 0.15) is 28.8 Å². The summed E-state index contributed by atoms with van der Waals surface area (Å²) in [5.41, 5.74) is 0.278. The summed E-state index contributed by atoms with van der Waals surface area (Å²) in [4.78, 5) is 39.3. The van der Waals surface area contributed by atoms with Gasteiger partial charge in [-0.3, -0.25) is 14.4 Å². The minimum absolute atomic E-state index is 0.0138. The first-order chi connectivity index (χ1) is 15.8. The first-order valence-electron chi connectivity index (χ1n) is 10.2. The van der Waals surface area contributed by atoms with E-state index in [1.807, 2.05) is 0 Å². The molecule has 1 aliphatic rings. The summed E-state index contributed by atoms with van der Waals surface area (Å²) in [5, 5.41) is 12.2. The monoisotopic (exact) mass is 446 g/mol. The standard InChI is InChI=1S/C26H22O7/c1-13(27)11-16-21(26(30)23-15(24(16)28)8-6-10-19(23)32-3)17-12-20(33-4)14-7-5-9-18(31-2)22(14)25(17)29/h5-10,12,29H,11H2,1-4H3. The number of allylic oxidation sites excluding steroid dienone is 2. The lowest BCUT2D eigenvalue weighted by Gasteiger charge is -2.24. The molecule has 3 aromatic carbocycles. The molecule has 0 aromatic heterocycles. The number of hydrogen-bond acceptors (Lipinski definition) is 7. The third-order valence-electron chi connectivity index (χ3n) is 5.71. The number of methoxy groups -OCH3 is 3. The van der Waals surface area contributed by atoms with Gasteiger partial charge in [0.15, 0.2) is 11.6 Å². The van der Waals surface area contributed by atoms with E-state index in [-0.39, 0.29) is 51.5 Å². The van der Waals surface area contributed by atoms with Crippen molar-refractivity contribution in [3.63, 3.8) is 0 Å². The van der Waals surface area contributed by atoms with Gasteiger partial charge in [0, 0.05) is 34.1 Å². The second-order valence-corrected chi connectivity index (χ2v) is 7.63. The first-order valence-corrected chi connectivity index (χ1v) is 10.2. The van der Waals surface area contributed by atoms with Gasteiger partial charge < -0.3 is 19.3 Å². The molecule has 3 aromatic rings. The van der Waals surface area contributed by atoms with Crippen molar-refractivity contribution < 1.29 is 33.7 Å². The Morgan fingerprint density at radius 1 is 0.848 bits per heavy atom. The second-order valence-electron chi connectivity index (χ2n) is 7.63. The van der Waals surface area contributed by atoms with Crippen molar-refractivity contribution in [3.05, 3.63) is 64.7 Å². The highest BCUT2D eigenvalue weighted by atomic mass is 16.5. The van der Waals surface area contributed by atoms with Crippen LogP contribution in [0.5, 0.6) is 23.0 Å². The summed E-state index contributed by atoms with van der Waals surface area (Å²) in [7, 11) is 4.33. The van der Waals surface area contributed by atoms with Crippen LogP contribution in [0.1, 0.15) is 39.6 Å². The smallest absolute Gasteiger partial charge is 0.198 e. The zero-order chi connectivity index (χ0) is 23.9. The number of phenolic OH excluding ortho intramolecular Hbond substituents is 1. The highest BCUT2D eigenvalue weighted by Crippen LogP contribution is 2.47. The molecular weight excluding hydrogens is 424 g/mol. The average Bonchev–Trinajstić information content (AvgIpc) is 2.82. The number of phenols is 1. The van der Waals surface area contributed by atoms with E-state index in [2.05, 4.69) is 0 Å². The largest absolute Gasteiger partial charge is 0.507 e. The van der Waals surface area contributed by atoms with E-state index < -0.39 is 11.6 Å². The van der Waals surface area contributed by atoms with Crippen molar-refractivity contribution >= 4 is 33.7 Å². The van der Waals surface area contributed by atoms with Gasteiger partial charge in [0.25, 0.3) is 0 Å². The molecule has 1 aliphatic carbocycles. The SMILES string of the molecule is COc1cccc2c1C(=O)C(c1cc(OC)c3cccc(OC)c3c1O)=C(CC(C)=O)C2=O. The van der Waals surface area contributed by atoms with Gasteiger partial charge in [-0.15, -0.1) is 0 Å². The molecule has 0 amide bonds. The Morgan fingerprint density at radius 2 is 1.48 bits per heavy atom. The average molecular weight is 446 g/mol. The van der Waals surface area contributed by atoms with Crippen LogP contribution in [-0.2, 0) is 4.79 Å². The molecule has 0 radical (unpaired) electrons. The van der Waals surface area contributed by atoms with E-state index in [1.54, 1.807) is 30.3 Å². The van der Waals surface area contributed by atoms with Crippen LogP contribution in [0.2, 0.25) is 0 Å².